The van der Waals surface area contributed by atoms with Crippen LogP contribution in [0.5, 0.6) is 0 Å². The van der Waals surface area contributed by atoms with Gasteiger partial charge in [-0.15, -0.1) is 0 Å². The molecule has 6 rings (SSSR count). The molecular weight excluding hydrogens is 436 g/mol. The summed E-state index contributed by atoms with van der Waals surface area (Å²) in [6.07, 6.45) is 6.15. The van der Waals surface area contributed by atoms with Gasteiger partial charge in [0.05, 0.1) is 11.2 Å². The van der Waals surface area contributed by atoms with Crippen molar-refractivity contribution in [1.29, 1.82) is 0 Å². The number of carbonyl (C=O) groups is 1. The molecule has 0 unspecified atom stereocenters. The second-order valence-corrected chi connectivity index (χ2v) is 9.98. The molecule has 2 fully saturated rings. The first kappa shape index (κ1) is 21.8. The minimum atomic E-state index is 0.0517. The van der Waals surface area contributed by atoms with Crippen molar-refractivity contribution in [2.75, 3.05) is 5.32 Å². The smallest absolute Gasteiger partial charge is 0.272 e. The lowest BCUT2D eigenvalue weighted by Crippen LogP contribution is -2.33. The van der Waals surface area contributed by atoms with Gasteiger partial charge < -0.3 is 10.2 Å². The highest BCUT2D eigenvalue weighted by atomic mass is 16.2. The molecular formula is C28H30N6O. The van der Waals surface area contributed by atoms with Gasteiger partial charge in [-0.3, -0.25) is 9.48 Å². The fraction of sp³-hybridized carbons (Fsp3) is 0.357. The number of amides is 1. The van der Waals surface area contributed by atoms with Crippen LogP contribution in [0.1, 0.15) is 53.0 Å². The lowest BCUT2D eigenvalue weighted by molar-refractivity contribution is 0.0718. The Kier molecular flexibility index (Phi) is 5.28. The van der Waals surface area contributed by atoms with Crippen LogP contribution in [-0.2, 0) is 13.6 Å². The number of fused-ring (bicyclic) bond motifs is 1. The van der Waals surface area contributed by atoms with Crippen LogP contribution < -0.4 is 5.32 Å². The third-order valence-corrected chi connectivity index (χ3v) is 6.96. The number of aryl methyl sites for hydroxylation is 3. The van der Waals surface area contributed by atoms with Crippen molar-refractivity contribution in [3.8, 4) is 11.1 Å². The summed E-state index contributed by atoms with van der Waals surface area (Å²) in [5.74, 6) is 0.961. The summed E-state index contributed by atoms with van der Waals surface area (Å²) in [7, 11) is 1.84. The molecule has 4 aromatic rings. The number of anilines is 1. The summed E-state index contributed by atoms with van der Waals surface area (Å²) in [4.78, 5) is 24.4. The molecule has 0 spiro atoms. The molecule has 7 nitrogen and oxygen atoms in total. The topological polar surface area (TPSA) is 75.9 Å². The second-order valence-electron chi connectivity index (χ2n) is 9.98. The third kappa shape index (κ3) is 4.38. The highest BCUT2D eigenvalue weighted by Gasteiger charge is 2.34. The molecule has 2 saturated carbocycles. The van der Waals surface area contributed by atoms with Crippen LogP contribution in [0, 0.1) is 13.8 Å². The molecule has 0 saturated heterocycles. The van der Waals surface area contributed by atoms with Crippen LogP contribution in [0.15, 0.2) is 48.8 Å². The molecule has 2 aromatic carbocycles. The molecule has 2 aliphatic rings. The maximum absolute atomic E-state index is 13.4. The van der Waals surface area contributed by atoms with Crippen molar-refractivity contribution in [2.24, 2.45) is 7.05 Å². The molecule has 7 heteroatoms. The summed E-state index contributed by atoms with van der Waals surface area (Å²) in [5.41, 5.74) is 7.07. The Morgan fingerprint density at radius 3 is 2.63 bits per heavy atom. The number of rotatable bonds is 7. The van der Waals surface area contributed by atoms with Crippen molar-refractivity contribution < 1.29 is 4.79 Å². The SMILES string of the molecule is Cc1cc(C(=O)N(Cc2cccc(-c3cc4c(NC5CC5)ncnc4cc3C)c2)C2CC2)n(C)n1. The highest BCUT2D eigenvalue weighted by Crippen LogP contribution is 2.34. The summed E-state index contributed by atoms with van der Waals surface area (Å²) in [6.45, 7) is 4.64. The van der Waals surface area contributed by atoms with Crippen LogP contribution in [0.4, 0.5) is 5.82 Å². The Morgan fingerprint density at radius 2 is 1.91 bits per heavy atom. The maximum atomic E-state index is 13.4. The zero-order valence-corrected chi connectivity index (χ0v) is 20.5. The van der Waals surface area contributed by atoms with Crippen LogP contribution >= 0.6 is 0 Å². The Morgan fingerprint density at radius 1 is 1.09 bits per heavy atom. The summed E-state index contributed by atoms with van der Waals surface area (Å²) >= 11 is 0. The Labute approximate surface area is 205 Å². The van der Waals surface area contributed by atoms with E-state index in [9.17, 15) is 4.79 Å². The van der Waals surface area contributed by atoms with E-state index in [0.29, 0.717) is 24.3 Å². The first-order valence-electron chi connectivity index (χ1n) is 12.4. The number of nitrogens with zero attached hydrogens (tertiary/aromatic N) is 5. The first-order chi connectivity index (χ1) is 17.0. The average molecular weight is 467 g/mol. The van der Waals surface area contributed by atoms with Crippen molar-refractivity contribution in [3.63, 3.8) is 0 Å². The van der Waals surface area contributed by atoms with Gasteiger partial charge in [-0.2, -0.15) is 5.10 Å². The lowest BCUT2D eigenvalue weighted by atomic mass is 9.96. The van der Waals surface area contributed by atoms with Crippen molar-refractivity contribution >= 4 is 22.6 Å². The number of carbonyl (C=O) groups excluding carboxylic acids is 1. The molecule has 0 radical (unpaired) electrons. The number of hydrogen-bond donors (Lipinski definition) is 1. The summed E-state index contributed by atoms with van der Waals surface area (Å²) in [5, 5.41) is 8.97. The number of hydrogen-bond acceptors (Lipinski definition) is 5. The third-order valence-electron chi connectivity index (χ3n) is 6.96. The molecule has 2 heterocycles. The highest BCUT2D eigenvalue weighted by molar-refractivity contribution is 5.94. The second kappa shape index (κ2) is 8.48. The molecule has 0 atom stereocenters. The van der Waals surface area contributed by atoms with Gasteiger partial charge in [0.25, 0.3) is 5.91 Å². The van der Waals surface area contributed by atoms with E-state index in [1.165, 1.54) is 24.0 Å². The average Bonchev–Trinajstić information content (AvgIpc) is 3.77. The van der Waals surface area contributed by atoms with E-state index < -0.39 is 0 Å². The molecule has 0 bridgehead atoms. The van der Waals surface area contributed by atoms with Gasteiger partial charge in [0, 0.05) is 31.1 Å². The van der Waals surface area contributed by atoms with Crippen molar-refractivity contribution in [3.05, 3.63) is 71.3 Å². The molecule has 178 valence electrons. The van der Waals surface area contributed by atoms with Gasteiger partial charge in [0.2, 0.25) is 0 Å². The minimum Gasteiger partial charge on any atom is -0.367 e. The van der Waals surface area contributed by atoms with Gasteiger partial charge in [-0.05, 0) is 86.1 Å². The molecule has 0 aliphatic heterocycles. The molecule has 35 heavy (non-hydrogen) atoms. The van der Waals surface area contributed by atoms with E-state index in [1.807, 2.05) is 24.9 Å². The van der Waals surface area contributed by atoms with Crippen LogP contribution in [0.2, 0.25) is 0 Å². The fourth-order valence-electron chi connectivity index (χ4n) is 4.80. The summed E-state index contributed by atoms with van der Waals surface area (Å²) in [6, 6.07) is 15.6. The Balaban J connectivity index is 1.32. The zero-order valence-electron chi connectivity index (χ0n) is 20.5. The maximum Gasteiger partial charge on any atom is 0.272 e. The van der Waals surface area contributed by atoms with Crippen LogP contribution in [0.3, 0.4) is 0 Å². The normalized spacial score (nSPS) is 15.4. The van der Waals surface area contributed by atoms with Gasteiger partial charge >= 0.3 is 0 Å². The van der Waals surface area contributed by atoms with Gasteiger partial charge in [0.15, 0.2) is 0 Å². The first-order valence-corrected chi connectivity index (χ1v) is 12.4. The zero-order chi connectivity index (χ0) is 24.1. The van der Waals surface area contributed by atoms with E-state index >= 15 is 0 Å². The number of benzene rings is 2. The Hall–Kier alpha value is -3.74. The van der Waals surface area contributed by atoms with Gasteiger partial charge in [-0.25, -0.2) is 9.97 Å². The van der Waals surface area contributed by atoms with Crippen molar-refractivity contribution in [1.82, 2.24) is 24.6 Å². The van der Waals surface area contributed by atoms with Gasteiger partial charge in [0.1, 0.15) is 17.8 Å². The predicted octanol–water partition coefficient (Wildman–Crippen LogP) is 5.03. The monoisotopic (exact) mass is 466 g/mol. The largest absolute Gasteiger partial charge is 0.367 e. The molecule has 2 aromatic heterocycles. The quantitative estimate of drug-likeness (QED) is 0.414. The number of aromatic nitrogens is 4. The lowest BCUT2D eigenvalue weighted by Gasteiger charge is -2.23. The van der Waals surface area contributed by atoms with E-state index in [2.05, 4.69) is 63.7 Å². The summed E-state index contributed by atoms with van der Waals surface area (Å²) < 4.78 is 1.69. The Bertz CT molecular complexity index is 1430. The van der Waals surface area contributed by atoms with E-state index in [4.69, 9.17) is 0 Å². The van der Waals surface area contributed by atoms with E-state index in [1.54, 1.807) is 11.0 Å². The molecule has 2 aliphatic carbocycles. The van der Waals surface area contributed by atoms with E-state index in [-0.39, 0.29) is 5.91 Å². The fourth-order valence-corrected chi connectivity index (χ4v) is 4.80. The van der Waals surface area contributed by atoms with E-state index in [0.717, 1.165) is 46.4 Å². The standard InChI is InChI=1S/C28H30N6O/c1-17-11-25-24(27(30-16-29-25)31-21-7-8-21)14-23(17)20-6-4-5-19(13-20)15-34(22-9-10-22)28(35)26-12-18(2)32-33(26)3/h4-6,11-14,16,21-22H,7-10,15H2,1-3H3,(H,29,30,31). The number of nitrogens with one attached hydrogen (secondary N) is 1. The van der Waals surface area contributed by atoms with Crippen molar-refractivity contribution in [2.45, 2.75) is 58.2 Å². The predicted molar refractivity (Wildman–Crippen MR) is 137 cm³/mol. The molecule has 1 N–H and O–H groups in total. The van der Waals surface area contributed by atoms with Crippen LogP contribution in [0.25, 0.3) is 22.0 Å². The minimum absolute atomic E-state index is 0.0517. The van der Waals surface area contributed by atoms with Gasteiger partial charge in [-0.1, -0.05) is 18.2 Å². The van der Waals surface area contributed by atoms with Crippen LogP contribution in [-0.4, -0.2) is 42.6 Å². The molecule has 1 amide bonds.